The second-order valence-corrected chi connectivity index (χ2v) is 4.41. The van der Waals surface area contributed by atoms with Gasteiger partial charge in [0.25, 0.3) is 0 Å². The summed E-state index contributed by atoms with van der Waals surface area (Å²) in [6, 6.07) is 5.86. The maximum atomic E-state index is 13.9. The maximum Gasteiger partial charge on any atom is 0.244 e. The molecule has 0 fully saturated rings. The van der Waals surface area contributed by atoms with Crippen LogP contribution in [0.5, 0.6) is 0 Å². The lowest BCUT2D eigenvalue weighted by molar-refractivity contribution is -0.122. The van der Waals surface area contributed by atoms with E-state index < -0.39 is 23.0 Å². The van der Waals surface area contributed by atoms with Crippen LogP contribution in [0.15, 0.2) is 48.1 Å². The van der Waals surface area contributed by atoms with Gasteiger partial charge in [0.1, 0.15) is 5.82 Å². The van der Waals surface area contributed by atoms with E-state index in [-0.39, 0.29) is 17.6 Å². The normalized spacial score (nSPS) is 21.8. The van der Waals surface area contributed by atoms with Gasteiger partial charge in [0.2, 0.25) is 11.8 Å². The molecular formula is C14H13FN2O2. The molecule has 0 aliphatic heterocycles. The first-order chi connectivity index (χ1) is 8.97. The van der Waals surface area contributed by atoms with Crippen molar-refractivity contribution in [2.24, 2.45) is 11.5 Å². The Morgan fingerprint density at radius 3 is 2.47 bits per heavy atom. The molecule has 0 saturated carbocycles. The second kappa shape index (κ2) is 4.68. The lowest BCUT2D eigenvalue weighted by Crippen LogP contribution is -2.42. The number of amides is 2. The molecule has 5 heteroatoms. The van der Waals surface area contributed by atoms with Gasteiger partial charge in [-0.25, -0.2) is 4.39 Å². The molecule has 1 atom stereocenters. The minimum Gasteiger partial charge on any atom is -0.369 e. The predicted molar refractivity (Wildman–Crippen MR) is 68.3 cm³/mol. The zero-order chi connectivity index (χ0) is 14.0. The van der Waals surface area contributed by atoms with Crippen molar-refractivity contribution in [3.63, 3.8) is 0 Å². The Morgan fingerprint density at radius 2 is 1.89 bits per heavy atom. The van der Waals surface area contributed by atoms with Crippen molar-refractivity contribution in [1.29, 1.82) is 0 Å². The summed E-state index contributed by atoms with van der Waals surface area (Å²) in [6.07, 6.45) is 4.47. The van der Waals surface area contributed by atoms with E-state index in [1.54, 1.807) is 6.07 Å². The highest BCUT2D eigenvalue weighted by molar-refractivity contribution is 5.97. The van der Waals surface area contributed by atoms with Crippen LogP contribution in [0.2, 0.25) is 0 Å². The fourth-order valence-corrected chi connectivity index (χ4v) is 2.23. The number of allylic oxidation sites excluding steroid dienone is 2. The van der Waals surface area contributed by atoms with Crippen molar-refractivity contribution in [2.45, 2.75) is 11.8 Å². The number of rotatable bonds is 3. The van der Waals surface area contributed by atoms with Crippen molar-refractivity contribution < 1.29 is 14.0 Å². The number of halogens is 1. The molecule has 0 heterocycles. The molecule has 2 amide bonds. The number of carbonyl (C=O) groups is 2. The number of hydrogen-bond donors (Lipinski definition) is 2. The van der Waals surface area contributed by atoms with Gasteiger partial charge >= 0.3 is 0 Å². The molecule has 4 nitrogen and oxygen atoms in total. The minimum atomic E-state index is -1.37. The van der Waals surface area contributed by atoms with Crippen molar-refractivity contribution in [2.75, 3.05) is 0 Å². The number of benzene rings is 1. The summed E-state index contributed by atoms with van der Waals surface area (Å²) in [5, 5.41) is 0. The third kappa shape index (κ3) is 2.14. The lowest BCUT2D eigenvalue weighted by Gasteiger charge is -2.30. The van der Waals surface area contributed by atoms with Crippen LogP contribution in [0.25, 0.3) is 0 Å². The molecule has 1 unspecified atom stereocenters. The Hall–Kier alpha value is -2.43. The molecular weight excluding hydrogens is 247 g/mol. The Bertz CT molecular complexity index is 607. The van der Waals surface area contributed by atoms with Crippen LogP contribution in [0, 0.1) is 5.82 Å². The summed E-state index contributed by atoms with van der Waals surface area (Å²) >= 11 is 0. The summed E-state index contributed by atoms with van der Waals surface area (Å²) in [4.78, 5) is 23.1. The van der Waals surface area contributed by atoms with E-state index in [4.69, 9.17) is 11.5 Å². The molecule has 1 aromatic rings. The Balaban J connectivity index is 2.57. The average Bonchev–Trinajstić information content (AvgIpc) is 2.39. The molecule has 98 valence electrons. The average molecular weight is 260 g/mol. The molecule has 0 spiro atoms. The van der Waals surface area contributed by atoms with E-state index >= 15 is 0 Å². The molecule has 2 rings (SSSR count). The smallest absolute Gasteiger partial charge is 0.244 e. The first-order valence-corrected chi connectivity index (χ1v) is 5.70. The quantitative estimate of drug-likeness (QED) is 0.846. The van der Waals surface area contributed by atoms with E-state index in [2.05, 4.69) is 0 Å². The summed E-state index contributed by atoms with van der Waals surface area (Å²) in [6.45, 7) is 0. The number of carbonyl (C=O) groups excluding carboxylic acids is 2. The Morgan fingerprint density at radius 1 is 1.21 bits per heavy atom. The standard InChI is InChI=1S/C14H13FN2O2/c15-11-6-2-1-5-10(11)14(13(17)19)7-3-4-9(8-14)12(16)18/h1-7H,8H2,(H2,16,18)(H2,17,19). The molecule has 19 heavy (non-hydrogen) atoms. The summed E-state index contributed by atoms with van der Waals surface area (Å²) in [5.74, 6) is -1.91. The third-order valence-corrected chi connectivity index (χ3v) is 3.26. The molecule has 0 radical (unpaired) electrons. The van der Waals surface area contributed by atoms with Crippen molar-refractivity contribution in [3.05, 3.63) is 59.4 Å². The van der Waals surface area contributed by atoms with Crippen LogP contribution >= 0.6 is 0 Å². The van der Waals surface area contributed by atoms with E-state index in [9.17, 15) is 14.0 Å². The maximum absolute atomic E-state index is 13.9. The Kier molecular flexibility index (Phi) is 3.21. The van der Waals surface area contributed by atoms with E-state index in [0.717, 1.165) is 0 Å². The van der Waals surface area contributed by atoms with E-state index in [0.29, 0.717) is 0 Å². The summed E-state index contributed by atoms with van der Waals surface area (Å²) in [5.41, 5.74) is 9.66. The highest BCUT2D eigenvalue weighted by Crippen LogP contribution is 2.36. The molecule has 1 aliphatic rings. The van der Waals surface area contributed by atoms with Gasteiger partial charge in [-0.3, -0.25) is 9.59 Å². The third-order valence-electron chi connectivity index (χ3n) is 3.26. The van der Waals surface area contributed by atoms with Gasteiger partial charge in [-0.1, -0.05) is 36.4 Å². The van der Waals surface area contributed by atoms with Crippen LogP contribution in [0.1, 0.15) is 12.0 Å². The first kappa shape index (κ1) is 13.0. The van der Waals surface area contributed by atoms with Crippen LogP contribution in [0.4, 0.5) is 4.39 Å². The lowest BCUT2D eigenvalue weighted by atomic mass is 9.72. The van der Waals surface area contributed by atoms with Gasteiger partial charge in [0, 0.05) is 11.1 Å². The molecule has 0 saturated heterocycles. The van der Waals surface area contributed by atoms with Gasteiger partial charge < -0.3 is 11.5 Å². The van der Waals surface area contributed by atoms with Crippen LogP contribution < -0.4 is 11.5 Å². The monoisotopic (exact) mass is 260 g/mol. The van der Waals surface area contributed by atoms with Gasteiger partial charge in [0.05, 0.1) is 5.41 Å². The highest BCUT2D eigenvalue weighted by Gasteiger charge is 2.40. The fourth-order valence-electron chi connectivity index (χ4n) is 2.23. The largest absolute Gasteiger partial charge is 0.369 e. The SMILES string of the molecule is NC(=O)C1=CC=CC(C(N)=O)(c2ccccc2F)C1. The van der Waals surface area contributed by atoms with Gasteiger partial charge in [0.15, 0.2) is 0 Å². The molecule has 0 aromatic heterocycles. The molecule has 0 bridgehead atoms. The first-order valence-electron chi connectivity index (χ1n) is 5.70. The molecule has 4 N–H and O–H groups in total. The number of hydrogen-bond acceptors (Lipinski definition) is 2. The zero-order valence-electron chi connectivity index (χ0n) is 10.1. The zero-order valence-corrected chi connectivity index (χ0v) is 10.1. The van der Waals surface area contributed by atoms with Crippen molar-refractivity contribution in [1.82, 2.24) is 0 Å². The summed E-state index contributed by atoms with van der Waals surface area (Å²) < 4.78 is 13.9. The predicted octanol–water partition coefficient (Wildman–Crippen LogP) is 0.920. The van der Waals surface area contributed by atoms with Gasteiger partial charge in [-0.2, -0.15) is 0 Å². The van der Waals surface area contributed by atoms with E-state index in [1.165, 1.54) is 36.4 Å². The number of nitrogens with two attached hydrogens (primary N) is 2. The van der Waals surface area contributed by atoms with E-state index in [1.807, 2.05) is 0 Å². The second-order valence-electron chi connectivity index (χ2n) is 4.41. The Labute approximate surface area is 109 Å². The molecule has 1 aliphatic carbocycles. The van der Waals surface area contributed by atoms with Gasteiger partial charge in [-0.15, -0.1) is 0 Å². The van der Waals surface area contributed by atoms with Gasteiger partial charge in [-0.05, 0) is 12.5 Å². The van der Waals surface area contributed by atoms with Crippen molar-refractivity contribution in [3.8, 4) is 0 Å². The fraction of sp³-hybridized carbons (Fsp3) is 0.143. The highest BCUT2D eigenvalue weighted by atomic mass is 19.1. The number of primary amides is 2. The summed E-state index contributed by atoms with van der Waals surface area (Å²) in [7, 11) is 0. The van der Waals surface area contributed by atoms with Crippen LogP contribution in [-0.4, -0.2) is 11.8 Å². The topological polar surface area (TPSA) is 86.2 Å². The van der Waals surface area contributed by atoms with Crippen LogP contribution in [0.3, 0.4) is 0 Å². The molecule has 1 aromatic carbocycles. The van der Waals surface area contributed by atoms with Crippen LogP contribution in [-0.2, 0) is 15.0 Å². The van der Waals surface area contributed by atoms with Crippen molar-refractivity contribution >= 4 is 11.8 Å². The minimum absolute atomic E-state index is 0.0326.